The lowest BCUT2D eigenvalue weighted by molar-refractivity contribution is 0.391. The van der Waals surface area contributed by atoms with Crippen LogP contribution in [0.2, 0.25) is 5.02 Å². The smallest absolute Gasteiger partial charge is 0.266 e. The third-order valence-electron chi connectivity index (χ3n) is 3.97. The molecule has 0 unspecified atom stereocenters. The van der Waals surface area contributed by atoms with Crippen molar-refractivity contribution in [2.24, 2.45) is 0 Å². The van der Waals surface area contributed by atoms with Crippen LogP contribution in [-0.2, 0) is 16.6 Å². The van der Waals surface area contributed by atoms with Crippen LogP contribution in [0.3, 0.4) is 0 Å². The van der Waals surface area contributed by atoms with Crippen LogP contribution in [0.1, 0.15) is 5.56 Å². The number of halogens is 3. The highest BCUT2D eigenvalue weighted by Crippen LogP contribution is 2.33. The monoisotopic (exact) mass is 460 g/mol. The summed E-state index contributed by atoms with van der Waals surface area (Å²) < 4.78 is 65.0. The van der Waals surface area contributed by atoms with Gasteiger partial charge in [-0.2, -0.15) is 4.39 Å². The van der Waals surface area contributed by atoms with Gasteiger partial charge in [0.1, 0.15) is 17.3 Å². The standard InChI is InChI=1S/C18H15ClF2N2O4S2/c1-26-12-4-3-11(16(7-12)27-2)10-23(18-22-9-17(21)28-18)29(24,25)13-5-6-15(20)14(19)8-13/h3-9H,10H2,1-2H3. The normalized spacial score (nSPS) is 11.3. The number of rotatable bonds is 7. The van der Waals surface area contributed by atoms with Crippen LogP contribution in [0.15, 0.2) is 47.5 Å². The van der Waals surface area contributed by atoms with Gasteiger partial charge in [-0.05, 0) is 30.3 Å². The van der Waals surface area contributed by atoms with E-state index in [0.29, 0.717) is 28.4 Å². The van der Waals surface area contributed by atoms with E-state index in [1.807, 2.05) is 0 Å². The zero-order valence-electron chi connectivity index (χ0n) is 15.2. The molecule has 3 aromatic rings. The average molecular weight is 461 g/mol. The molecule has 0 aliphatic heterocycles. The fourth-order valence-electron chi connectivity index (χ4n) is 2.52. The molecule has 0 bridgehead atoms. The number of aromatic nitrogens is 1. The van der Waals surface area contributed by atoms with Gasteiger partial charge in [-0.15, -0.1) is 0 Å². The van der Waals surface area contributed by atoms with Crippen molar-refractivity contribution in [1.29, 1.82) is 0 Å². The second kappa shape index (κ2) is 8.52. The van der Waals surface area contributed by atoms with Gasteiger partial charge >= 0.3 is 0 Å². The maximum Gasteiger partial charge on any atom is 0.266 e. The van der Waals surface area contributed by atoms with E-state index in [1.54, 1.807) is 18.2 Å². The van der Waals surface area contributed by atoms with Crippen molar-refractivity contribution >= 4 is 38.1 Å². The molecule has 0 radical (unpaired) electrons. The van der Waals surface area contributed by atoms with Gasteiger partial charge < -0.3 is 9.47 Å². The highest BCUT2D eigenvalue weighted by molar-refractivity contribution is 7.93. The van der Waals surface area contributed by atoms with Crippen LogP contribution < -0.4 is 13.8 Å². The van der Waals surface area contributed by atoms with Gasteiger partial charge in [-0.3, -0.25) is 0 Å². The number of methoxy groups -OCH3 is 2. The molecule has 0 saturated heterocycles. The van der Waals surface area contributed by atoms with E-state index in [1.165, 1.54) is 14.2 Å². The Morgan fingerprint density at radius 1 is 1.14 bits per heavy atom. The maximum absolute atomic E-state index is 13.6. The summed E-state index contributed by atoms with van der Waals surface area (Å²) in [5.74, 6) is 0.138. The molecule has 0 atom stereocenters. The number of ether oxygens (including phenoxy) is 2. The molecule has 3 rings (SSSR count). The number of nitrogens with zero attached hydrogens (tertiary/aromatic N) is 2. The van der Waals surface area contributed by atoms with Crippen molar-refractivity contribution in [3.63, 3.8) is 0 Å². The van der Waals surface area contributed by atoms with E-state index < -0.39 is 21.0 Å². The van der Waals surface area contributed by atoms with Crippen LogP contribution in [0.5, 0.6) is 11.5 Å². The van der Waals surface area contributed by atoms with Gasteiger partial charge in [0, 0.05) is 11.6 Å². The summed E-state index contributed by atoms with van der Waals surface area (Å²) in [5, 5.41) is -1.10. The van der Waals surface area contributed by atoms with Gasteiger partial charge in [0.15, 0.2) is 5.13 Å². The topological polar surface area (TPSA) is 68.7 Å². The van der Waals surface area contributed by atoms with Gasteiger partial charge in [0.25, 0.3) is 10.0 Å². The molecule has 154 valence electrons. The fourth-order valence-corrected chi connectivity index (χ4v) is 5.04. The Morgan fingerprint density at radius 3 is 2.48 bits per heavy atom. The Hall–Kier alpha value is -2.43. The zero-order chi connectivity index (χ0) is 21.2. The van der Waals surface area contributed by atoms with E-state index in [0.717, 1.165) is 28.7 Å². The summed E-state index contributed by atoms with van der Waals surface area (Å²) in [4.78, 5) is 3.59. The quantitative estimate of drug-likeness (QED) is 0.519. The van der Waals surface area contributed by atoms with Crippen LogP contribution in [0.4, 0.5) is 13.9 Å². The Labute approximate surface area is 175 Å². The van der Waals surface area contributed by atoms with Crippen molar-refractivity contribution in [3.8, 4) is 11.5 Å². The number of hydrogen-bond donors (Lipinski definition) is 0. The molecule has 0 saturated carbocycles. The molecule has 1 aromatic heterocycles. The van der Waals surface area contributed by atoms with Crippen LogP contribution >= 0.6 is 22.9 Å². The maximum atomic E-state index is 13.6. The van der Waals surface area contributed by atoms with Crippen molar-refractivity contribution in [3.05, 3.63) is 64.1 Å². The number of thiazole rings is 1. The molecule has 29 heavy (non-hydrogen) atoms. The largest absolute Gasteiger partial charge is 0.497 e. The van der Waals surface area contributed by atoms with Crippen molar-refractivity contribution in [2.45, 2.75) is 11.4 Å². The first kappa shape index (κ1) is 21.3. The van der Waals surface area contributed by atoms with Crippen molar-refractivity contribution in [2.75, 3.05) is 18.5 Å². The van der Waals surface area contributed by atoms with E-state index in [9.17, 15) is 17.2 Å². The Balaban J connectivity index is 2.10. The number of anilines is 1. The SMILES string of the molecule is COc1ccc(CN(c2ncc(F)s2)S(=O)(=O)c2ccc(F)c(Cl)c2)c(OC)c1. The predicted molar refractivity (Wildman–Crippen MR) is 106 cm³/mol. The molecule has 0 spiro atoms. The number of sulfonamides is 1. The van der Waals surface area contributed by atoms with E-state index >= 15 is 0 Å². The van der Waals surface area contributed by atoms with Gasteiger partial charge in [0.05, 0.1) is 36.9 Å². The molecule has 6 nitrogen and oxygen atoms in total. The van der Waals surface area contributed by atoms with Crippen molar-refractivity contribution in [1.82, 2.24) is 4.98 Å². The molecule has 0 N–H and O–H groups in total. The summed E-state index contributed by atoms with van der Waals surface area (Å²) in [7, 11) is -1.32. The Morgan fingerprint density at radius 2 is 1.90 bits per heavy atom. The number of benzene rings is 2. The minimum Gasteiger partial charge on any atom is -0.497 e. The highest BCUT2D eigenvalue weighted by atomic mass is 35.5. The highest BCUT2D eigenvalue weighted by Gasteiger charge is 2.29. The summed E-state index contributed by atoms with van der Waals surface area (Å²) in [6.07, 6.45) is 0.922. The molecule has 11 heteroatoms. The first-order chi connectivity index (χ1) is 13.8. The molecule has 0 fully saturated rings. The summed E-state index contributed by atoms with van der Waals surface area (Å²) in [6.45, 7) is -0.211. The molecule has 0 amide bonds. The molecule has 0 aliphatic rings. The van der Waals surface area contributed by atoms with Gasteiger partial charge in [0.2, 0.25) is 5.13 Å². The van der Waals surface area contributed by atoms with E-state index in [-0.39, 0.29) is 21.6 Å². The first-order valence-corrected chi connectivity index (χ1v) is 10.7. The zero-order valence-corrected chi connectivity index (χ0v) is 17.6. The molecule has 2 aromatic carbocycles. The third-order valence-corrected chi connectivity index (χ3v) is 6.91. The lowest BCUT2D eigenvalue weighted by atomic mass is 10.2. The Bertz CT molecular complexity index is 1140. The first-order valence-electron chi connectivity index (χ1n) is 8.06. The minimum atomic E-state index is -4.24. The molecule has 1 heterocycles. The van der Waals surface area contributed by atoms with Crippen molar-refractivity contribution < 1.29 is 26.7 Å². The lowest BCUT2D eigenvalue weighted by Crippen LogP contribution is -2.30. The second-order valence-electron chi connectivity index (χ2n) is 5.71. The summed E-state index contributed by atoms with van der Waals surface area (Å²) in [5.41, 5.74) is 0.487. The van der Waals surface area contributed by atoms with Crippen LogP contribution in [0.25, 0.3) is 0 Å². The van der Waals surface area contributed by atoms with Gasteiger partial charge in [-0.25, -0.2) is 22.1 Å². The fraction of sp³-hybridized carbons (Fsp3) is 0.167. The average Bonchev–Trinajstić information content (AvgIpc) is 3.13. The summed E-state index contributed by atoms with van der Waals surface area (Å²) in [6, 6.07) is 7.88. The second-order valence-corrected chi connectivity index (χ2v) is 8.94. The number of hydrogen-bond acceptors (Lipinski definition) is 6. The van der Waals surface area contributed by atoms with Crippen LogP contribution in [0, 0.1) is 10.9 Å². The molecular formula is C18H15ClF2N2O4S2. The van der Waals surface area contributed by atoms with Crippen LogP contribution in [-0.4, -0.2) is 27.6 Å². The van der Waals surface area contributed by atoms with Gasteiger partial charge in [-0.1, -0.05) is 22.9 Å². The van der Waals surface area contributed by atoms with E-state index in [2.05, 4.69) is 4.98 Å². The molecular weight excluding hydrogens is 446 g/mol. The summed E-state index contributed by atoms with van der Waals surface area (Å²) >= 11 is 6.31. The lowest BCUT2D eigenvalue weighted by Gasteiger charge is -2.23. The van der Waals surface area contributed by atoms with E-state index in [4.69, 9.17) is 21.1 Å². The minimum absolute atomic E-state index is 0.0965. The molecule has 0 aliphatic carbocycles. The predicted octanol–water partition coefficient (Wildman–Crippen LogP) is 4.49. The third kappa shape index (κ3) is 4.44. The Kier molecular flexibility index (Phi) is 6.25.